The van der Waals surface area contributed by atoms with Crippen molar-refractivity contribution in [1.29, 1.82) is 0 Å². The van der Waals surface area contributed by atoms with Gasteiger partial charge in [-0.25, -0.2) is 15.0 Å². The molecule has 1 saturated carbocycles. The lowest BCUT2D eigenvalue weighted by Gasteiger charge is -2.16. The van der Waals surface area contributed by atoms with Crippen molar-refractivity contribution in [3.63, 3.8) is 0 Å². The molecule has 0 spiro atoms. The van der Waals surface area contributed by atoms with Crippen LogP contribution in [0.2, 0.25) is 0 Å². The number of likely N-dealkylation sites (N-methyl/N-ethyl adjacent to an activating group) is 1. The van der Waals surface area contributed by atoms with Gasteiger partial charge in [0, 0.05) is 48.4 Å². The van der Waals surface area contributed by atoms with E-state index in [1.807, 2.05) is 37.5 Å². The Morgan fingerprint density at radius 2 is 1.91 bits per heavy atom. The molecule has 32 heavy (non-hydrogen) atoms. The number of nitrogens with one attached hydrogen (secondary N) is 3. The molecular weight excluding hydrogens is 404 g/mol. The number of hydrogen-bond acceptors (Lipinski definition) is 8. The Labute approximate surface area is 188 Å². The minimum atomic E-state index is 0.485. The van der Waals surface area contributed by atoms with E-state index in [0.717, 1.165) is 53.6 Å². The van der Waals surface area contributed by atoms with Gasteiger partial charge in [-0.15, -0.1) is 0 Å². The number of anilines is 3. The first kappa shape index (κ1) is 21.8. The van der Waals surface area contributed by atoms with Gasteiger partial charge >= 0.3 is 0 Å². The van der Waals surface area contributed by atoms with Gasteiger partial charge in [-0.05, 0) is 49.6 Å². The van der Waals surface area contributed by atoms with Crippen LogP contribution >= 0.6 is 0 Å². The van der Waals surface area contributed by atoms with Gasteiger partial charge in [0.25, 0.3) is 0 Å². The lowest BCUT2D eigenvalue weighted by molar-refractivity contribution is 0.351. The minimum absolute atomic E-state index is 0.485. The van der Waals surface area contributed by atoms with Crippen LogP contribution in [0.1, 0.15) is 24.8 Å². The van der Waals surface area contributed by atoms with Gasteiger partial charge in [0.1, 0.15) is 5.82 Å². The van der Waals surface area contributed by atoms with Crippen molar-refractivity contribution in [2.45, 2.75) is 19.3 Å². The fourth-order valence-electron chi connectivity index (χ4n) is 3.77. The number of benzene rings is 1. The van der Waals surface area contributed by atoms with Crippen molar-refractivity contribution in [3.8, 4) is 22.8 Å². The Morgan fingerprint density at radius 1 is 1.06 bits per heavy atom. The zero-order valence-electron chi connectivity index (χ0n) is 19.0. The third-order valence-electron chi connectivity index (χ3n) is 5.67. The number of methoxy groups -OCH3 is 2. The van der Waals surface area contributed by atoms with Crippen molar-refractivity contribution in [3.05, 3.63) is 48.3 Å². The van der Waals surface area contributed by atoms with Gasteiger partial charge < -0.3 is 25.4 Å². The summed E-state index contributed by atoms with van der Waals surface area (Å²) in [4.78, 5) is 13.6. The topological polar surface area (TPSA) is 93.2 Å². The van der Waals surface area contributed by atoms with Gasteiger partial charge in [-0.3, -0.25) is 0 Å². The van der Waals surface area contributed by atoms with E-state index in [1.165, 1.54) is 0 Å². The SMILES string of the molecule is CNCCNc1ccc(-c2ccnc(Nc3cc(OC)c(OC)c(C4CC4C)c3)n2)cn1. The van der Waals surface area contributed by atoms with Crippen LogP contribution in [0.3, 0.4) is 0 Å². The van der Waals surface area contributed by atoms with E-state index in [9.17, 15) is 0 Å². The molecule has 0 amide bonds. The monoisotopic (exact) mass is 434 g/mol. The summed E-state index contributed by atoms with van der Waals surface area (Å²) in [7, 11) is 5.26. The first-order valence-corrected chi connectivity index (χ1v) is 10.8. The first-order chi connectivity index (χ1) is 15.6. The summed E-state index contributed by atoms with van der Waals surface area (Å²) in [5.41, 5.74) is 3.75. The van der Waals surface area contributed by atoms with E-state index >= 15 is 0 Å². The molecule has 2 heterocycles. The quantitative estimate of drug-likeness (QED) is 0.412. The van der Waals surface area contributed by atoms with E-state index in [2.05, 4.69) is 43.9 Å². The molecule has 3 N–H and O–H groups in total. The molecule has 8 nitrogen and oxygen atoms in total. The number of pyridine rings is 1. The third-order valence-corrected chi connectivity index (χ3v) is 5.67. The van der Waals surface area contributed by atoms with Crippen LogP contribution in [0.4, 0.5) is 17.5 Å². The maximum atomic E-state index is 5.64. The summed E-state index contributed by atoms with van der Waals surface area (Å²) in [5.74, 6) is 3.99. The smallest absolute Gasteiger partial charge is 0.227 e. The molecule has 1 fully saturated rings. The molecule has 2 atom stereocenters. The van der Waals surface area contributed by atoms with Crippen LogP contribution < -0.4 is 25.4 Å². The Hall–Kier alpha value is -3.39. The molecule has 1 aromatic carbocycles. The summed E-state index contributed by atoms with van der Waals surface area (Å²) in [6.45, 7) is 3.94. The summed E-state index contributed by atoms with van der Waals surface area (Å²) >= 11 is 0. The van der Waals surface area contributed by atoms with E-state index in [1.54, 1.807) is 20.4 Å². The Morgan fingerprint density at radius 3 is 2.56 bits per heavy atom. The highest BCUT2D eigenvalue weighted by Gasteiger charge is 2.37. The Kier molecular flexibility index (Phi) is 6.70. The van der Waals surface area contributed by atoms with Gasteiger partial charge in [0.15, 0.2) is 11.5 Å². The second-order valence-corrected chi connectivity index (χ2v) is 7.97. The van der Waals surface area contributed by atoms with Crippen LogP contribution in [-0.4, -0.2) is 49.3 Å². The zero-order valence-corrected chi connectivity index (χ0v) is 19.0. The molecule has 2 aromatic heterocycles. The predicted molar refractivity (Wildman–Crippen MR) is 127 cm³/mol. The number of ether oxygens (including phenoxy) is 2. The Balaban J connectivity index is 1.54. The maximum Gasteiger partial charge on any atom is 0.227 e. The molecule has 1 aliphatic rings. The van der Waals surface area contributed by atoms with Crippen LogP contribution in [0, 0.1) is 5.92 Å². The van der Waals surface area contributed by atoms with Gasteiger partial charge in [-0.2, -0.15) is 0 Å². The average Bonchev–Trinajstić information content (AvgIpc) is 3.55. The molecule has 4 rings (SSSR count). The van der Waals surface area contributed by atoms with Crippen molar-refractivity contribution in [1.82, 2.24) is 20.3 Å². The summed E-state index contributed by atoms with van der Waals surface area (Å²) in [6.07, 6.45) is 4.72. The number of rotatable bonds is 10. The second kappa shape index (κ2) is 9.82. The predicted octanol–water partition coefficient (Wildman–Crippen LogP) is 4.05. The molecule has 0 radical (unpaired) electrons. The minimum Gasteiger partial charge on any atom is -0.493 e. The number of hydrogen-bond donors (Lipinski definition) is 3. The normalized spacial score (nSPS) is 17.0. The lowest BCUT2D eigenvalue weighted by atomic mass is 10.1. The van der Waals surface area contributed by atoms with Crippen LogP contribution in [0.25, 0.3) is 11.3 Å². The van der Waals surface area contributed by atoms with E-state index < -0.39 is 0 Å². The molecular formula is C24H30N6O2. The fraction of sp³-hybridized carbons (Fsp3) is 0.375. The maximum absolute atomic E-state index is 5.64. The van der Waals surface area contributed by atoms with Crippen molar-refractivity contribution in [2.24, 2.45) is 5.92 Å². The van der Waals surface area contributed by atoms with Gasteiger partial charge in [-0.1, -0.05) is 6.92 Å². The molecule has 3 aromatic rings. The standard InChI is InChI=1S/C24H30N6O2/c1-15-11-18(15)19-12-17(13-21(31-3)23(19)32-4)29-24-27-8-7-20(30-24)16-5-6-22(28-14-16)26-10-9-25-2/h5-8,12-15,18,25H,9-11H2,1-4H3,(H,26,28)(H,27,29,30). The highest BCUT2D eigenvalue weighted by molar-refractivity contribution is 5.66. The van der Waals surface area contributed by atoms with Crippen molar-refractivity contribution in [2.75, 3.05) is 45.0 Å². The summed E-state index contributed by atoms with van der Waals surface area (Å²) < 4.78 is 11.2. The van der Waals surface area contributed by atoms with E-state index in [4.69, 9.17) is 9.47 Å². The molecule has 0 bridgehead atoms. The molecule has 0 saturated heterocycles. The van der Waals surface area contributed by atoms with Crippen LogP contribution in [0.15, 0.2) is 42.7 Å². The van der Waals surface area contributed by atoms with Crippen molar-refractivity contribution < 1.29 is 9.47 Å². The van der Waals surface area contributed by atoms with E-state index in [0.29, 0.717) is 23.5 Å². The van der Waals surface area contributed by atoms with Gasteiger partial charge in [0.05, 0.1) is 19.9 Å². The summed E-state index contributed by atoms with van der Waals surface area (Å²) in [6, 6.07) is 9.86. The van der Waals surface area contributed by atoms with Gasteiger partial charge in [0.2, 0.25) is 5.95 Å². The molecule has 168 valence electrons. The first-order valence-electron chi connectivity index (χ1n) is 10.8. The molecule has 1 aliphatic carbocycles. The Bertz CT molecular complexity index is 1060. The molecule has 0 aliphatic heterocycles. The summed E-state index contributed by atoms with van der Waals surface area (Å²) in [5, 5.41) is 9.70. The number of nitrogens with zero attached hydrogens (tertiary/aromatic N) is 3. The average molecular weight is 435 g/mol. The molecule has 2 unspecified atom stereocenters. The fourth-order valence-corrected chi connectivity index (χ4v) is 3.77. The highest BCUT2D eigenvalue weighted by Crippen LogP contribution is 2.53. The van der Waals surface area contributed by atoms with Crippen molar-refractivity contribution >= 4 is 17.5 Å². The van der Waals surface area contributed by atoms with Crippen LogP contribution in [0.5, 0.6) is 11.5 Å². The number of aromatic nitrogens is 3. The molecule has 8 heteroatoms. The van der Waals surface area contributed by atoms with E-state index in [-0.39, 0.29) is 0 Å². The lowest BCUT2D eigenvalue weighted by Crippen LogP contribution is -2.18. The van der Waals surface area contributed by atoms with Crippen LogP contribution in [-0.2, 0) is 0 Å². The third kappa shape index (κ3) is 4.91. The highest BCUT2D eigenvalue weighted by atomic mass is 16.5. The zero-order chi connectivity index (χ0) is 22.5. The largest absolute Gasteiger partial charge is 0.493 e. The second-order valence-electron chi connectivity index (χ2n) is 7.97.